The number of H-pyrrole nitrogens is 1. The van der Waals surface area contributed by atoms with Crippen molar-refractivity contribution in [2.24, 2.45) is 0 Å². The van der Waals surface area contributed by atoms with Crippen LogP contribution in [0.25, 0.3) is 21.8 Å². The average molecular weight is 450 g/mol. The predicted octanol–water partition coefficient (Wildman–Crippen LogP) is 5.22. The Bertz CT molecular complexity index is 1370. The van der Waals surface area contributed by atoms with E-state index < -0.39 is 0 Å². The van der Waals surface area contributed by atoms with Crippen LogP contribution in [0, 0.1) is 11.3 Å². The third-order valence-corrected chi connectivity index (χ3v) is 7.64. The normalized spacial score (nSPS) is 16.3. The summed E-state index contributed by atoms with van der Waals surface area (Å²) in [7, 11) is 0. The van der Waals surface area contributed by atoms with E-state index in [2.05, 4.69) is 51.3 Å². The number of hydrogen-bond acceptors (Lipinski definition) is 4. The minimum atomic E-state index is 0.735. The molecule has 0 unspecified atom stereocenters. The van der Waals surface area contributed by atoms with Crippen molar-refractivity contribution < 1.29 is 0 Å². The minimum absolute atomic E-state index is 0.735. The Morgan fingerprint density at radius 2 is 1.85 bits per heavy atom. The molecule has 2 aromatic carbocycles. The van der Waals surface area contributed by atoms with Crippen molar-refractivity contribution in [3.05, 3.63) is 71.0 Å². The highest BCUT2D eigenvalue weighted by Gasteiger charge is 2.25. The number of rotatable bonds is 6. The fraction of sp³-hybridized carbons (Fsp3) is 0.379. The van der Waals surface area contributed by atoms with Gasteiger partial charge in [-0.25, -0.2) is 0 Å². The molecule has 0 radical (unpaired) electrons. The van der Waals surface area contributed by atoms with Gasteiger partial charge in [-0.2, -0.15) is 5.26 Å². The maximum Gasteiger partial charge on any atom is 0.0991 e. The van der Waals surface area contributed by atoms with Crippen molar-refractivity contribution in [1.82, 2.24) is 14.9 Å². The van der Waals surface area contributed by atoms with Gasteiger partial charge in [0.05, 0.1) is 22.8 Å². The molecule has 172 valence electrons. The van der Waals surface area contributed by atoms with Gasteiger partial charge in [0.25, 0.3) is 0 Å². The number of hydrogen-bond donors (Lipinski definition) is 1. The Labute approximate surface area is 201 Å². The maximum atomic E-state index is 9.20. The van der Waals surface area contributed by atoms with Crippen LogP contribution in [0.5, 0.6) is 0 Å². The van der Waals surface area contributed by atoms with E-state index in [1.807, 2.05) is 18.2 Å². The summed E-state index contributed by atoms with van der Waals surface area (Å²) in [6.45, 7) is 5.61. The van der Waals surface area contributed by atoms with Crippen molar-refractivity contribution in [1.29, 1.82) is 5.26 Å². The number of unbranched alkanes of at least 4 members (excludes halogenated alkanes) is 1. The number of piperazine rings is 1. The van der Waals surface area contributed by atoms with Crippen molar-refractivity contribution in [2.75, 3.05) is 37.6 Å². The number of aromatic amines is 1. The van der Waals surface area contributed by atoms with Crippen molar-refractivity contribution in [2.45, 2.75) is 38.5 Å². The minimum Gasteiger partial charge on any atom is -0.368 e. The van der Waals surface area contributed by atoms with Crippen LogP contribution in [0.1, 0.15) is 41.6 Å². The zero-order chi connectivity index (χ0) is 22.9. The average Bonchev–Trinajstić information content (AvgIpc) is 3.52. The molecule has 1 aliphatic carbocycles. The molecule has 0 amide bonds. The number of para-hydroxylation sites is 1. The third kappa shape index (κ3) is 3.93. The summed E-state index contributed by atoms with van der Waals surface area (Å²) >= 11 is 0. The van der Waals surface area contributed by atoms with E-state index in [0.717, 1.165) is 62.2 Å². The Hall–Kier alpha value is -3.36. The second-order valence-corrected chi connectivity index (χ2v) is 9.73. The zero-order valence-electron chi connectivity index (χ0n) is 19.7. The van der Waals surface area contributed by atoms with Gasteiger partial charge < -0.3 is 9.88 Å². The molecule has 2 aromatic heterocycles. The Balaban J connectivity index is 1.06. The summed E-state index contributed by atoms with van der Waals surface area (Å²) in [5, 5.41) is 11.7. The van der Waals surface area contributed by atoms with Gasteiger partial charge in [0.15, 0.2) is 0 Å². The molecule has 1 aliphatic heterocycles. The highest BCUT2D eigenvalue weighted by molar-refractivity contribution is 5.94. The maximum absolute atomic E-state index is 9.20. The lowest BCUT2D eigenvalue weighted by Crippen LogP contribution is -2.47. The molecule has 0 bridgehead atoms. The molecule has 4 aromatic rings. The highest BCUT2D eigenvalue weighted by Crippen LogP contribution is 2.37. The number of anilines is 1. The van der Waals surface area contributed by atoms with Crippen LogP contribution in [0.15, 0.2) is 48.7 Å². The number of nitrogens with one attached hydrogen (secondary N) is 1. The lowest BCUT2D eigenvalue weighted by atomic mass is 10.0. The molecule has 2 aliphatic rings. The van der Waals surface area contributed by atoms with Gasteiger partial charge in [0.1, 0.15) is 0 Å². The first-order valence-electron chi connectivity index (χ1n) is 12.7. The number of nitrogens with zero attached hydrogens (tertiary/aromatic N) is 4. The molecule has 6 rings (SSSR count). The molecular formula is C29H31N5. The largest absolute Gasteiger partial charge is 0.368 e. The first kappa shape index (κ1) is 21.2. The number of aromatic nitrogens is 2. The molecule has 0 saturated carbocycles. The Morgan fingerprint density at radius 3 is 2.74 bits per heavy atom. The van der Waals surface area contributed by atoms with E-state index in [4.69, 9.17) is 4.98 Å². The number of benzene rings is 2. The second kappa shape index (κ2) is 9.12. The van der Waals surface area contributed by atoms with Gasteiger partial charge >= 0.3 is 0 Å². The zero-order valence-corrected chi connectivity index (χ0v) is 19.7. The third-order valence-electron chi connectivity index (χ3n) is 7.64. The van der Waals surface area contributed by atoms with E-state index in [9.17, 15) is 5.26 Å². The van der Waals surface area contributed by atoms with Gasteiger partial charge in [0.2, 0.25) is 0 Å². The van der Waals surface area contributed by atoms with E-state index in [1.165, 1.54) is 59.0 Å². The Kier molecular flexibility index (Phi) is 5.68. The molecule has 1 N–H and O–H groups in total. The molecule has 1 saturated heterocycles. The Morgan fingerprint density at radius 1 is 0.971 bits per heavy atom. The quantitative estimate of drug-likeness (QED) is 0.410. The topological polar surface area (TPSA) is 59.0 Å². The predicted molar refractivity (Wildman–Crippen MR) is 138 cm³/mol. The molecular weight excluding hydrogens is 418 g/mol. The summed E-state index contributed by atoms with van der Waals surface area (Å²) in [5.41, 5.74) is 8.64. The van der Waals surface area contributed by atoms with Gasteiger partial charge in [-0.15, -0.1) is 0 Å². The summed E-state index contributed by atoms with van der Waals surface area (Å²) in [4.78, 5) is 13.6. The number of fused-ring (bicyclic) bond motifs is 3. The fourth-order valence-electron chi connectivity index (χ4n) is 5.85. The summed E-state index contributed by atoms with van der Waals surface area (Å²) in [5.74, 6) is 0. The fourth-order valence-corrected chi connectivity index (χ4v) is 5.85. The van der Waals surface area contributed by atoms with Gasteiger partial charge in [-0.3, -0.25) is 9.88 Å². The van der Waals surface area contributed by atoms with E-state index in [1.54, 1.807) is 0 Å². The van der Waals surface area contributed by atoms with Crippen LogP contribution in [-0.2, 0) is 19.3 Å². The molecule has 0 atom stereocenters. The van der Waals surface area contributed by atoms with Crippen LogP contribution < -0.4 is 4.90 Å². The van der Waals surface area contributed by atoms with Crippen LogP contribution >= 0.6 is 0 Å². The summed E-state index contributed by atoms with van der Waals surface area (Å²) < 4.78 is 0. The SMILES string of the molecule is N#Cc1ccc2[nH]cc(CCCCN3CCN(c4c5c(nc6ccccc46)CCC5)CC3)c2c1. The van der Waals surface area contributed by atoms with Gasteiger partial charge in [-0.05, 0) is 80.5 Å². The van der Waals surface area contributed by atoms with Crippen molar-refractivity contribution >= 4 is 27.5 Å². The number of aryl methyl sites for hydroxylation is 2. The van der Waals surface area contributed by atoms with Gasteiger partial charge in [0, 0.05) is 54.4 Å². The molecule has 5 heteroatoms. The van der Waals surface area contributed by atoms with E-state index in [0.29, 0.717) is 0 Å². The van der Waals surface area contributed by atoms with Crippen LogP contribution in [-0.4, -0.2) is 47.6 Å². The second-order valence-electron chi connectivity index (χ2n) is 9.73. The number of nitriles is 1. The van der Waals surface area contributed by atoms with Gasteiger partial charge in [-0.1, -0.05) is 18.2 Å². The smallest absolute Gasteiger partial charge is 0.0991 e. The first-order chi connectivity index (χ1) is 16.8. The lowest BCUT2D eigenvalue weighted by molar-refractivity contribution is 0.253. The molecule has 3 heterocycles. The van der Waals surface area contributed by atoms with E-state index >= 15 is 0 Å². The lowest BCUT2D eigenvalue weighted by Gasteiger charge is -2.37. The summed E-state index contributed by atoms with van der Waals surface area (Å²) in [6, 6.07) is 16.9. The molecule has 0 spiro atoms. The number of pyridine rings is 1. The molecule has 34 heavy (non-hydrogen) atoms. The molecule has 5 nitrogen and oxygen atoms in total. The van der Waals surface area contributed by atoms with Crippen LogP contribution in [0.4, 0.5) is 5.69 Å². The standard InChI is InChI=1S/C29H31N5/c30-19-21-11-12-26-25(18-21)22(20-31-26)6-3-4-13-33-14-16-34(17-15-33)29-23-7-1-2-9-27(23)32-28-10-5-8-24(28)29/h1-2,7,9,11-12,18,20,31H,3-6,8,10,13-17H2. The van der Waals surface area contributed by atoms with Crippen molar-refractivity contribution in [3.63, 3.8) is 0 Å². The van der Waals surface area contributed by atoms with E-state index in [-0.39, 0.29) is 0 Å². The first-order valence-corrected chi connectivity index (χ1v) is 12.7. The van der Waals surface area contributed by atoms with Crippen LogP contribution in [0.2, 0.25) is 0 Å². The van der Waals surface area contributed by atoms with Crippen LogP contribution in [0.3, 0.4) is 0 Å². The van der Waals surface area contributed by atoms with Crippen molar-refractivity contribution in [3.8, 4) is 6.07 Å². The highest BCUT2D eigenvalue weighted by atomic mass is 15.3. The monoisotopic (exact) mass is 449 g/mol. The summed E-state index contributed by atoms with van der Waals surface area (Å²) in [6.07, 6.45) is 9.09. The molecule has 1 fully saturated rings.